The number of fused-ring (bicyclic) bond motifs is 4. The molecule has 4 heterocycles. The maximum Gasteiger partial charge on any atom is 0.383 e. The van der Waals surface area contributed by atoms with Gasteiger partial charge in [-0.2, -0.15) is 12.6 Å². The van der Waals surface area contributed by atoms with Crippen molar-refractivity contribution >= 4 is 35.7 Å². The summed E-state index contributed by atoms with van der Waals surface area (Å²) in [6.07, 6.45) is 1.10. The van der Waals surface area contributed by atoms with E-state index in [1.807, 2.05) is 5.38 Å². The van der Waals surface area contributed by atoms with Gasteiger partial charge in [0, 0.05) is 23.4 Å². The summed E-state index contributed by atoms with van der Waals surface area (Å²) in [6, 6.07) is 6.00. The van der Waals surface area contributed by atoms with Gasteiger partial charge in [0.05, 0.1) is 22.1 Å². The number of carbonyl (C=O) groups is 2. The molecule has 0 radical (unpaired) electrons. The number of aromatic nitrogens is 1. The van der Waals surface area contributed by atoms with Crippen molar-refractivity contribution in [3.63, 3.8) is 0 Å². The first kappa shape index (κ1) is 18.5. The first-order valence-electron chi connectivity index (χ1n) is 7.75. The fourth-order valence-electron chi connectivity index (χ4n) is 2.60. The lowest BCUT2D eigenvalue weighted by molar-refractivity contribution is -0.574. The van der Waals surface area contributed by atoms with Crippen molar-refractivity contribution < 1.29 is 19.2 Å². The molecule has 2 bridgehead atoms. The second-order valence-corrected chi connectivity index (χ2v) is 7.34. The molecule has 10 heteroatoms. The Hall–Kier alpha value is -2.30. The third-order valence-electron chi connectivity index (χ3n) is 3.91. The number of ketones is 1. The third-order valence-corrected chi connectivity index (χ3v) is 5.09. The first-order valence-corrected chi connectivity index (χ1v) is 9.15. The largest absolute Gasteiger partial charge is 0.390 e. The van der Waals surface area contributed by atoms with Gasteiger partial charge in [0.2, 0.25) is 5.78 Å². The number of thiol groups is 1. The molecule has 1 fully saturated rings. The number of nitrogens with zero attached hydrogens (tertiary/aromatic N) is 2. The summed E-state index contributed by atoms with van der Waals surface area (Å²) in [4.78, 5) is 36.6. The molecule has 0 saturated carbocycles. The fraction of sp³-hybridized carbons (Fsp3) is 0.312. The molecule has 1 aromatic carbocycles. The van der Waals surface area contributed by atoms with E-state index < -0.39 is 17.1 Å². The number of Topliss-reactive ketones (excluding diaryl/α,β-unsaturated/α-hetero) is 1. The lowest BCUT2D eigenvalue weighted by Gasteiger charge is -2.05. The SMILES string of the molecule is O=C(c1nccs1)C1CC(S)CN1.O=C1OC([N+](=O)[O-])c2ccc1cc2. The van der Waals surface area contributed by atoms with Crippen molar-refractivity contribution in [1.82, 2.24) is 10.3 Å². The summed E-state index contributed by atoms with van der Waals surface area (Å²) >= 11 is 5.71. The highest BCUT2D eigenvalue weighted by Gasteiger charge is 2.31. The van der Waals surface area contributed by atoms with Crippen LogP contribution in [0.5, 0.6) is 0 Å². The van der Waals surface area contributed by atoms with E-state index in [2.05, 4.69) is 27.7 Å². The van der Waals surface area contributed by atoms with Crippen molar-refractivity contribution in [3.05, 3.63) is 62.1 Å². The molecule has 0 amide bonds. The Balaban J connectivity index is 0.000000151. The van der Waals surface area contributed by atoms with E-state index in [1.165, 1.54) is 35.6 Å². The maximum absolute atomic E-state index is 11.7. The minimum Gasteiger partial charge on any atom is -0.390 e. The smallest absolute Gasteiger partial charge is 0.383 e. The van der Waals surface area contributed by atoms with Crippen LogP contribution in [-0.4, -0.2) is 39.5 Å². The molecule has 3 aliphatic rings. The molecule has 26 heavy (non-hydrogen) atoms. The van der Waals surface area contributed by atoms with Gasteiger partial charge >= 0.3 is 12.2 Å². The molecule has 3 atom stereocenters. The Bertz CT molecular complexity index is 810. The lowest BCUT2D eigenvalue weighted by atomic mass is 10.1. The van der Waals surface area contributed by atoms with Crippen molar-refractivity contribution in [2.24, 2.45) is 0 Å². The third kappa shape index (κ3) is 4.09. The minimum atomic E-state index is -1.36. The fourth-order valence-corrected chi connectivity index (χ4v) is 3.54. The summed E-state index contributed by atoms with van der Waals surface area (Å²) in [7, 11) is 0. The minimum absolute atomic E-state index is 0.0753. The number of hydrogen-bond acceptors (Lipinski definition) is 9. The van der Waals surface area contributed by atoms with Crippen LogP contribution in [0.2, 0.25) is 0 Å². The lowest BCUT2D eigenvalue weighted by Crippen LogP contribution is -2.30. The predicted octanol–water partition coefficient (Wildman–Crippen LogP) is 2.12. The molecule has 8 nitrogen and oxygen atoms in total. The number of hydrogen-bond donors (Lipinski definition) is 2. The van der Waals surface area contributed by atoms with Gasteiger partial charge in [-0.1, -0.05) is 0 Å². The molecule has 2 aromatic rings. The van der Waals surface area contributed by atoms with E-state index in [0.717, 1.165) is 13.0 Å². The van der Waals surface area contributed by atoms with Crippen LogP contribution >= 0.6 is 24.0 Å². The number of nitrogens with one attached hydrogen (secondary N) is 1. The Morgan fingerprint density at radius 1 is 1.38 bits per heavy atom. The average Bonchev–Trinajstić information content (AvgIpc) is 3.26. The van der Waals surface area contributed by atoms with Gasteiger partial charge in [-0.15, -0.1) is 11.3 Å². The van der Waals surface area contributed by atoms with E-state index in [-0.39, 0.29) is 11.8 Å². The topological polar surface area (TPSA) is 111 Å². The molecule has 5 rings (SSSR count). The number of benzene rings is 1. The first-order chi connectivity index (χ1) is 12.5. The molecule has 0 aliphatic carbocycles. The van der Waals surface area contributed by atoms with Crippen LogP contribution in [0.3, 0.4) is 0 Å². The molecular weight excluding hydrogens is 378 g/mol. The Kier molecular flexibility index (Phi) is 5.64. The second-order valence-electron chi connectivity index (χ2n) is 5.72. The molecule has 136 valence electrons. The highest BCUT2D eigenvalue weighted by molar-refractivity contribution is 7.81. The highest BCUT2D eigenvalue weighted by Crippen LogP contribution is 2.24. The number of ether oxygens (including phenoxy) is 1. The summed E-state index contributed by atoms with van der Waals surface area (Å²) in [6.45, 7) is 0.810. The van der Waals surface area contributed by atoms with Gasteiger partial charge in [-0.25, -0.2) is 9.78 Å². The van der Waals surface area contributed by atoms with Crippen molar-refractivity contribution in [2.45, 2.75) is 23.9 Å². The van der Waals surface area contributed by atoms with Crippen LogP contribution in [0.15, 0.2) is 35.8 Å². The van der Waals surface area contributed by atoms with Crippen LogP contribution in [-0.2, 0) is 4.74 Å². The molecular formula is C16H15N3O5S2. The van der Waals surface area contributed by atoms with Crippen LogP contribution in [0, 0.1) is 10.1 Å². The van der Waals surface area contributed by atoms with Crippen LogP contribution in [0.25, 0.3) is 0 Å². The van der Waals surface area contributed by atoms with Crippen LogP contribution < -0.4 is 5.32 Å². The normalized spacial score (nSPS) is 23.6. The zero-order chi connectivity index (χ0) is 18.7. The number of rotatable bonds is 3. The quantitative estimate of drug-likeness (QED) is 0.270. The molecule has 3 aliphatic heterocycles. The van der Waals surface area contributed by atoms with Gasteiger partial charge in [-0.05, 0) is 30.7 Å². The number of thiazole rings is 1. The van der Waals surface area contributed by atoms with Crippen LogP contribution in [0.4, 0.5) is 0 Å². The Morgan fingerprint density at radius 3 is 2.65 bits per heavy atom. The van der Waals surface area contributed by atoms with Crippen LogP contribution in [0.1, 0.15) is 38.4 Å². The van der Waals surface area contributed by atoms with Crippen molar-refractivity contribution in [3.8, 4) is 0 Å². The van der Waals surface area contributed by atoms with E-state index in [1.54, 1.807) is 6.20 Å². The van der Waals surface area contributed by atoms with Gasteiger partial charge < -0.3 is 10.1 Å². The number of esters is 1. The molecule has 1 saturated heterocycles. The number of nitro groups is 1. The predicted molar refractivity (Wildman–Crippen MR) is 97.2 cm³/mol. The zero-order valence-corrected chi connectivity index (χ0v) is 15.1. The van der Waals surface area contributed by atoms with Gasteiger partial charge in [0.15, 0.2) is 5.01 Å². The molecule has 3 unspecified atom stereocenters. The summed E-state index contributed by atoms with van der Waals surface area (Å²) in [5.41, 5.74) is 0.729. The van der Waals surface area contributed by atoms with E-state index >= 15 is 0 Å². The van der Waals surface area contributed by atoms with E-state index in [0.29, 0.717) is 21.4 Å². The van der Waals surface area contributed by atoms with Gasteiger partial charge in [-0.3, -0.25) is 14.9 Å². The summed E-state index contributed by atoms with van der Waals surface area (Å²) in [5.74, 6) is -0.548. The summed E-state index contributed by atoms with van der Waals surface area (Å²) in [5, 5.41) is 16.3. The highest BCUT2D eigenvalue weighted by atomic mass is 32.1. The monoisotopic (exact) mass is 393 g/mol. The molecule has 1 aromatic heterocycles. The van der Waals surface area contributed by atoms with E-state index in [4.69, 9.17) is 0 Å². The maximum atomic E-state index is 11.7. The van der Waals surface area contributed by atoms with E-state index in [9.17, 15) is 19.7 Å². The average molecular weight is 393 g/mol. The number of carbonyl (C=O) groups excluding carboxylic acids is 2. The van der Waals surface area contributed by atoms with Crippen molar-refractivity contribution in [1.29, 1.82) is 0 Å². The molecule has 1 N–H and O–H groups in total. The second kappa shape index (κ2) is 7.94. The zero-order valence-electron chi connectivity index (χ0n) is 13.4. The van der Waals surface area contributed by atoms with Gasteiger partial charge in [0.25, 0.3) is 0 Å². The summed E-state index contributed by atoms with van der Waals surface area (Å²) < 4.78 is 4.62. The standard InChI is InChI=1S/C8H10N2OS2.C8H5NO4/c11-7(8-9-1-2-13-8)6-3-5(12)4-10-6;10-8-6-3-1-5(2-4-6)7(13-8)9(11)12/h1-2,5-6,10,12H,3-4H2;1-4,7H. The van der Waals surface area contributed by atoms with Gasteiger partial charge in [0.1, 0.15) is 0 Å². The Morgan fingerprint density at radius 2 is 2.12 bits per heavy atom. The van der Waals surface area contributed by atoms with Crippen molar-refractivity contribution in [2.75, 3.05) is 6.54 Å². The molecule has 0 spiro atoms. The Labute approximate surface area is 158 Å².